The van der Waals surface area contributed by atoms with Crippen molar-refractivity contribution in [3.05, 3.63) is 0 Å². The van der Waals surface area contributed by atoms with Crippen LogP contribution in [0.5, 0.6) is 0 Å². The van der Waals surface area contributed by atoms with Crippen LogP contribution in [0.1, 0.15) is 45.4 Å². The summed E-state index contributed by atoms with van der Waals surface area (Å²) >= 11 is 0. The Morgan fingerprint density at radius 1 is 1.35 bits per heavy atom. The Bertz CT molecular complexity index is 285. The molecule has 0 radical (unpaired) electrons. The third-order valence-corrected chi connectivity index (χ3v) is 3.29. The highest BCUT2D eigenvalue weighted by Crippen LogP contribution is 2.28. The van der Waals surface area contributed by atoms with E-state index < -0.39 is 17.6 Å². The molecule has 17 heavy (non-hydrogen) atoms. The summed E-state index contributed by atoms with van der Waals surface area (Å²) in [6, 6.07) is -0.611. The Kier molecular flexibility index (Phi) is 4.93. The molecule has 1 rings (SSSR count). The summed E-state index contributed by atoms with van der Waals surface area (Å²) in [4.78, 5) is 22.9. The quantitative estimate of drug-likeness (QED) is 0.712. The first-order valence-electron chi connectivity index (χ1n) is 6.13. The lowest BCUT2D eigenvalue weighted by molar-refractivity contribution is -0.144. The van der Waals surface area contributed by atoms with Crippen molar-refractivity contribution in [2.45, 2.75) is 57.0 Å². The molecule has 0 unspecified atom stereocenters. The van der Waals surface area contributed by atoms with Crippen LogP contribution in [-0.4, -0.2) is 30.6 Å². The monoisotopic (exact) mass is 242 g/mol. The zero-order valence-electron chi connectivity index (χ0n) is 10.6. The Balaban J connectivity index is 2.40. The zero-order valence-corrected chi connectivity index (χ0v) is 10.6. The van der Waals surface area contributed by atoms with Gasteiger partial charge in [-0.25, -0.2) is 4.79 Å². The van der Waals surface area contributed by atoms with E-state index >= 15 is 0 Å². The second-order valence-corrected chi connectivity index (χ2v) is 4.91. The maximum atomic E-state index is 11.7. The van der Waals surface area contributed by atoms with Gasteiger partial charge in [-0.1, -0.05) is 19.3 Å². The van der Waals surface area contributed by atoms with Crippen molar-refractivity contribution in [2.24, 2.45) is 5.73 Å². The number of hydrogen-bond donors (Lipinski definition) is 2. The number of carbonyl (C=O) groups excluding carboxylic acids is 2. The first-order chi connectivity index (χ1) is 7.97. The highest BCUT2D eigenvalue weighted by Gasteiger charge is 2.30. The van der Waals surface area contributed by atoms with E-state index in [-0.39, 0.29) is 12.3 Å². The van der Waals surface area contributed by atoms with E-state index in [1.165, 1.54) is 13.5 Å². The van der Waals surface area contributed by atoms with Crippen LogP contribution in [0.3, 0.4) is 0 Å². The molecular weight excluding hydrogens is 220 g/mol. The molecule has 98 valence electrons. The van der Waals surface area contributed by atoms with Gasteiger partial charge in [0.05, 0.1) is 7.11 Å². The standard InChI is InChI=1S/C12H22N2O3/c1-9(11(16)17-2)14-10(15)8-12(13)6-4-3-5-7-12/h9H,3-8,13H2,1-2H3,(H,14,15)/t9-/m0/s1. The van der Waals surface area contributed by atoms with E-state index in [0.29, 0.717) is 0 Å². The van der Waals surface area contributed by atoms with Gasteiger partial charge in [0.1, 0.15) is 6.04 Å². The minimum absolute atomic E-state index is 0.174. The van der Waals surface area contributed by atoms with Gasteiger partial charge in [0.25, 0.3) is 0 Å². The molecular formula is C12H22N2O3. The lowest BCUT2D eigenvalue weighted by Crippen LogP contribution is -2.48. The van der Waals surface area contributed by atoms with Crippen molar-refractivity contribution in [2.75, 3.05) is 7.11 Å². The van der Waals surface area contributed by atoms with Gasteiger partial charge in [0, 0.05) is 12.0 Å². The van der Waals surface area contributed by atoms with Crippen LogP contribution in [0.2, 0.25) is 0 Å². The molecule has 1 aliphatic carbocycles. The highest BCUT2D eigenvalue weighted by molar-refractivity contribution is 5.84. The van der Waals surface area contributed by atoms with Crippen LogP contribution in [0, 0.1) is 0 Å². The number of esters is 1. The smallest absolute Gasteiger partial charge is 0.328 e. The summed E-state index contributed by atoms with van der Waals surface area (Å²) < 4.78 is 4.54. The molecule has 0 heterocycles. The maximum Gasteiger partial charge on any atom is 0.328 e. The van der Waals surface area contributed by atoms with Gasteiger partial charge in [-0.05, 0) is 19.8 Å². The van der Waals surface area contributed by atoms with Gasteiger partial charge in [-0.15, -0.1) is 0 Å². The largest absolute Gasteiger partial charge is 0.467 e. The average Bonchev–Trinajstić information content (AvgIpc) is 2.27. The van der Waals surface area contributed by atoms with Crippen LogP contribution in [0.4, 0.5) is 0 Å². The van der Waals surface area contributed by atoms with E-state index in [0.717, 1.165) is 25.7 Å². The number of methoxy groups -OCH3 is 1. The SMILES string of the molecule is COC(=O)[C@H](C)NC(=O)CC1(N)CCCCC1. The van der Waals surface area contributed by atoms with E-state index in [9.17, 15) is 9.59 Å². The van der Waals surface area contributed by atoms with Crippen molar-refractivity contribution < 1.29 is 14.3 Å². The molecule has 5 nitrogen and oxygen atoms in total. The van der Waals surface area contributed by atoms with Gasteiger partial charge in [-0.3, -0.25) is 4.79 Å². The maximum absolute atomic E-state index is 11.7. The molecule has 1 atom stereocenters. The number of carbonyl (C=O) groups is 2. The van der Waals surface area contributed by atoms with Crippen molar-refractivity contribution in [1.82, 2.24) is 5.32 Å². The number of ether oxygens (including phenoxy) is 1. The fourth-order valence-corrected chi connectivity index (χ4v) is 2.28. The predicted molar refractivity (Wildman–Crippen MR) is 64.2 cm³/mol. The summed E-state index contributed by atoms with van der Waals surface area (Å²) in [5.41, 5.74) is 5.78. The fraction of sp³-hybridized carbons (Fsp3) is 0.833. The van der Waals surface area contributed by atoms with E-state index in [2.05, 4.69) is 10.1 Å². The summed E-state index contributed by atoms with van der Waals surface area (Å²) in [6.07, 6.45) is 5.40. The van der Waals surface area contributed by atoms with Crippen LogP contribution in [0.15, 0.2) is 0 Å². The molecule has 0 aliphatic heterocycles. The lowest BCUT2D eigenvalue weighted by Gasteiger charge is -2.33. The number of amides is 1. The summed E-state index contributed by atoms with van der Waals surface area (Å²) in [5, 5.41) is 2.61. The summed E-state index contributed by atoms with van der Waals surface area (Å²) in [7, 11) is 1.30. The van der Waals surface area contributed by atoms with Gasteiger partial charge in [0.2, 0.25) is 5.91 Å². The van der Waals surface area contributed by atoms with Crippen LogP contribution in [0.25, 0.3) is 0 Å². The van der Waals surface area contributed by atoms with Gasteiger partial charge in [0.15, 0.2) is 0 Å². The third-order valence-electron chi connectivity index (χ3n) is 3.29. The number of nitrogens with one attached hydrogen (secondary N) is 1. The Morgan fingerprint density at radius 2 is 1.94 bits per heavy atom. The molecule has 5 heteroatoms. The Morgan fingerprint density at radius 3 is 2.47 bits per heavy atom. The second kappa shape index (κ2) is 6.00. The molecule has 3 N–H and O–H groups in total. The first-order valence-corrected chi connectivity index (χ1v) is 6.13. The Labute approximate surface area is 102 Å². The molecule has 0 aromatic heterocycles. The molecule has 1 saturated carbocycles. The minimum Gasteiger partial charge on any atom is -0.467 e. The molecule has 1 fully saturated rings. The predicted octanol–water partition coefficient (Wildman–Crippen LogP) is 0.716. The van der Waals surface area contributed by atoms with Crippen LogP contribution in [-0.2, 0) is 14.3 Å². The van der Waals surface area contributed by atoms with Crippen LogP contribution < -0.4 is 11.1 Å². The molecule has 1 amide bonds. The number of nitrogens with two attached hydrogens (primary N) is 1. The molecule has 0 aromatic carbocycles. The highest BCUT2D eigenvalue weighted by atomic mass is 16.5. The topological polar surface area (TPSA) is 81.4 Å². The molecule has 1 aliphatic rings. The van der Waals surface area contributed by atoms with Gasteiger partial charge in [-0.2, -0.15) is 0 Å². The second-order valence-electron chi connectivity index (χ2n) is 4.91. The summed E-state index contributed by atoms with van der Waals surface area (Å²) in [5.74, 6) is -0.611. The van der Waals surface area contributed by atoms with Crippen molar-refractivity contribution in [1.29, 1.82) is 0 Å². The lowest BCUT2D eigenvalue weighted by atomic mass is 9.80. The van der Waals surface area contributed by atoms with Crippen LogP contribution >= 0.6 is 0 Å². The zero-order chi connectivity index (χ0) is 12.9. The fourth-order valence-electron chi connectivity index (χ4n) is 2.28. The van der Waals surface area contributed by atoms with E-state index in [4.69, 9.17) is 5.73 Å². The normalized spacial score (nSPS) is 20.4. The Hall–Kier alpha value is -1.10. The molecule has 0 aromatic rings. The minimum atomic E-state index is -0.611. The van der Waals surface area contributed by atoms with Gasteiger partial charge >= 0.3 is 5.97 Å². The van der Waals surface area contributed by atoms with Crippen molar-refractivity contribution in [3.8, 4) is 0 Å². The van der Waals surface area contributed by atoms with Gasteiger partial charge < -0.3 is 15.8 Å². The average molecular weight is 242 g/mol. The third kappa shape index (κ3) is 4.34. The number of rotatable bonds is 4. The molecule has 0 saturated heterocycles. The summed E-state index contributed by atoms with van der Waals surface area (Å²) in [6.45, 7) is 1.60. The van der Waals surface area contributed by atoms with E-state index in [1.54, 1.807) is 6.92 Å². The van der Waals surface area contributed by atoms with Crippen molar-refractivity contribution in [3.63, 3.8) is 0 Å². The van der Waals surface area contributed by atoms with E-state index in [1.807, 2.05) is 0 Å². The van der Waals surface area contributed by atoms with Crippen molar-refractivity contribution >= 4 is 11.9 Å². The first kappa shape index (κ1) is 14.0. The molecule has 0 spiro atoms. The number of hydrogen-bond acceptors (Lipinski definition) is 4. The molecule has 0 bridgehead atoms.